The van der Waals surface area contributed by atoms with Crippen LogP contribution in [0.3, 0.4) is 0 Å². The van der Waals surface area contributed by atoms with Gasteiger partial charge in [-0.25, -0.2) is 9.80 Å². The molecule has 0 saturated carbocycles. The molecule has 0 amide bonds. The molecule has 192 valence electrons. The van der Waals surface area contributed by atoms with Gasteiger partial charge in [0.25, 0.3) is 0 Å². The third-order valence-corrected chi connectivity index (χ3v) is 7.02. The van der Waals surface area contributed by atoms with Crippen molar-refractivity contribution in [2.75, 3.05) is 28.4 Å². The molecule has 5 rings (SSSR count). The van der Waals surface area contributed by atoms with Gasteiger partial charge in [0.1, 0.15) is 11.3 Å². The molecule has 2 aliphatic rings. The van der Waals surface area contributed by atoms with Crippen LogP contribution in [0.15, 0.2) is 58.1 Å². The first-order chi connectivity index (χ1) is 17.9. The average Bonchev–Trinajstić information content (AvgIpc) is 3.37. The molecule has 0 aromatic heterocycles. The summed E-state index contributed by atoms with van der Waals surface area (Å²) in [4.78, 5) is 12.4. The number of nitrogens with zero attached hydrogens (tertiary/aromatic N) is 2. The molecule has 0 bridgehead atoms. The van der Waals surface area contributed by atoms with Crippen molar-refractivity contribution in [1.82, 2.24) is 5.01 Å². The minimum atomic E-state index is -1.16. The summed E-state index contributed by atoms with van der Waals surface area (Å²) in [6, 6.07) is 14.6. The van der Waals surface area contributed by atoms with E-state index in [0.29, 0.717) is 35.0 Å². The highest BCUT2D eigenvalue weighted by molar-refractivity contribution is 9.10. The number of benzene rings is 3. The molecular formula is C27H25BrN2O7. The Bertz CT molecular complexity index is 1410. The first kappa shape index (κ1) is 24.8. The molecule has 1 N–H and O–H groups in total. The summed E-state index contributed by atoms with van der Waals surface area (Å²) in [6.45, 7) is 0. The van der Waals surface area contributed by atoms with Crippen LogP contribution in [-0.2, 0) is 0 Å². The molecule has 2 atom stereocenters. The predicted octanol–water partition coefficient (Wildman–Crippen LogP) is 5.42. The van der Waals surface area contributed by atoms with E-state index in [0.717, 1.165) is 21.3 Å². The van der Waals surface area contributed by atoms with Crippen molar-refractivity contribution in [2.45, 2.75) is 18.7 Å². The van der Waals surface area contributed by atoms with E-state index in [9.17, 15) is 9.90 Å². The highest BCUT2D eigenvalue weighted by atomic mass is 79.9. The number of fused-ring (bicyclic) bond motifs is 3. The number of halogens is 1. The molecule has 10 heteroatoms. The van der Waals surface area contributed by atoms with Crippen LogP contribution in [0.5, 0.6) is 28.7 Å². The normalized spacial score (nSPS) is 17.8. The van der Waals surface area contributed by atoms with E-state index in [1.807, 2.05) is 41.4 Å². The Morgan fingerprint density at radius 3 is 2.35 bits per heavy atom. The molecule has 2 heterocycles. The number of methoxy groups -OCH3 is 4. The molecule has 2 aliphatic heterocycles. The van der Waals surface area contributed by atoms with E-state index in [1.165, 1.54) is 14.2 Å². The second-order valence-electron chi connectivity index (χ2n) is 8.44. The maximum Gasteiger partial charge on any atom is 0.340 e. The molecule has 37 heavy (non-hydrogen) atoms. The van der Waals surface area contributed by atoms with E-state index in [2.05, 4.69) is 15.9 Å². The van der Waals surface area contributed by atoms with E-state index in [-0.39, 0.29) is 17.4 Å². The van der Waals surface area contributed by atoms with Crippen LogP contribution < -0.4 is 23.7 Å². The smallest absolute Gasteiger partial charge is 0.340 e. The van der Waals surface area contributed by atoms with Crippen LogP contribution in [0.1, 0.15) is 45.7 Å². The van der Waals surface area contributed by atoms with Gasteiger partial charge in [-0.1, -0.05) is 15.9 Å². The van der Waals surface area contributed by atoms with Crippen molar-refractivity contribution >= 4 is 27.6 Å². The Morgan fingerprint density at radius 2 is 1.68 bits per heavy atom. The predicted molar refractivity (Wildman–Crippen MR) is 139 cm³/mol. The minimum absolute atomic E-state index is 0.0408. The van der Waals surface area contributed by atoms with E-state index < -0.39 is 12.2 Å². The number of hydrazone groups is 1. The van der Waals surface area contributed by atoms with Gasteiger partial charge in [-0.2, -0.15) is 5.10 Å². The summed E-state index contributed by atoms with van der Waals surface area (Å²) in [5, 5.41) is 16.9. The molecule has 9 nitrogen and oxygen atoms in total. The number of carboxylic acids is 1. The largest absolute Gasteiger partial charge is 0.493 e. The van der Waals surface area contributed by atoms with Gasteiger partial charge < -0.3 is 28.8 Å². The third-order valence-electron chi connectivity index (χ3n) is 6.53. The molecule has 0 aliphatic carbocycles. The number of aromatic carboxylic acids is 1. The summed E-state index contributed by atoms with van der Waals surface area (Å²) in [5.74, 6) is 1.15. The number of hydrogen-bond donors (Lipinski definition) is 1. The Labute approximate surface area is 222 Å². The van der Waals surface area contributed by atoms with Crippen molar-refractivity contribution in [3.63, 3.8) is 0 Å². The number of carbonyl (C=O) groups is 1. The average molecular weight is 569 g/mol. The second kappa shape index (κ2) is 9.85. The topological polar surface area (TPSA) is 99.1 Å². The Hall–Kier alpha value is -3.92. The fourth-order valence-corrected chi connectivity index (χ4v) is 5.20. The summed E-state index contributed by atoms with van der Waals surface area (Å²) < 4.78 is 29.0. The zero-order valence-electron chi connectivity index (χ0n) is 20.6. The first-order valence-electron chi connectivity index (χ1n) is 11.4. The summed E-state index contributed by atoms with van der Waals surface area (Å²) in [7, 11) is 6.05. The van der Waals surface area contributed by atoms with Gasteiger partial charge >= 0.3 is 5.97 Å². The number of hydrogen-bond acceptors (Lipinski definition) is 8. The van der Waals surface area contributed by atoms with Crippen LogP contribution in [0.4, 0.5) is 0 Å². The monoisotopic (exact) mass is 568 g/mol. The van der Waals surface area contributed by atoms with Crippen molar-refractivity contribution < 1.29 is 33.6 Å². The zero-order chi connectivity index (χ0) is 26.3. The van der Waals surface area contributed by atoms with E-state index >= 15 is 0 Å². The Morgan fingerprint density at radius 1 is 0.946 bits per heavy atom. The lowest BCUT2D eigenvalue weighted by atomic mass is 9.95. The molecule has 3 aromatic rings. The Balaban J connectivity index is 1.66. The van der Waals surface area contributed by atoms with Crippen molar-refractivity contribution in [3.8, 4) is 28.7 Å². The van der Waals surface area contributed by atoms with Gasteiger partial charge in [-0.3, -0.25) is 0 Å². The molecular weight excluding hydrogens is 544 g/mol. The summed E-state index contributed by atoms with van der Waals surface area (Å²) in [6.07, 6.45) is -0.240. The van der Waals surface area contributed by atoms with Gasteiger partial charge in [-0.05, 0) is 48.5 Å². The van der Waals surface area contributed by atoms with Crippen molar-refractivity contribution in [2.24, 2.45) is 5.10 Å². The molecule has 0 spiro atoms. The van der Waals surface area contributed by atoms with Crippen LogP contribution in [-0.4, -0.2) is 50.2 Å². The molecule has 2 unspecified atom stereocenters. The van der Waals surface area contributed by atoms with Gasteiger partial charge in [-0.15, -0.1) is 0 Å². The third kappa shape index (κ3) is 4.21. The summed E-state index contributed by atoms with van der Waals surface area (Å²) in [5.41, 5.74) is 2.99. The van der Waals surface area contributed by atoms with Gasteiger partial charge in [0.05, 0.1) is 40.2 Å². The molecule has 0 radical (unpaired) electrons. The van der Waals surface area contributed by atoms with Crippen LogP contribution >= 0.6 is 15.9 Å². The highest BCUT2D eigenvalue weighted by Crippen LogP contribution is 2.50. The van der Waals surface area contributed by atoms with Crippen molar-refractivity contribution in [3.05, 3.63) is 75.3 Å². The maximum atomic E-state index is 12.4. The summed E-state index contributed by atoms with van der Waals surface area (Å²) >= 11 is 3.56. The highest BCUT2D eigenvalue weighted by Gasteiger charge is 2.43. The lowest BCUT2D eigenvalue weighted by Gasteiger charge is -2.38. The quantitative estimate of drug-likeness (QED) is 0.403. The van der Waals surface area contributed by atoms with Gasteiger partial charge in [0.15, 0.2) is 23.0 Å². The zero-order valence-corrected chi connectivity index (χ0v) is 22.2. The number of ether oxygens (including phenoxy) is 5. The lowest BCUT2D eigenvalue weighted by molar-refractivity contribution is -0.0199. The molecule has 0 fully saturated rings. The van der Waals surface area contributed by atoms with Gasteiger partial charge in [0, 0.05) is 27.6 Å². The number of carboxylic acid groups (broad SMARTS) is 1. The lowest BCUT2D eigenvalue weighted by Crippen LogP contribution is -2.34. The maximum absolute atomic E-state index is 12.4. The fourth-order valence-electron chi connectivity index (χ4n) is 4.82. The minimum Gasteiger partial charge on any atom is -0.493 e. The van der Waals surface area contributed by atoms with Gasteiger partial charge in [0.2, 0.25) is 6.23 Å². The molecule has 0 saturated heterocycles. The van der Waals surface area contributed by atoms with E-state index in [1.54, 1.807) is 26.4 Å². The van der Waals surface area contributed by atoms with Crippen molar-refractivity contribution in [1.29, 1.82) is 0 Å². The first-order valence-corrected chi connectivity index (χ1v) is 12.2. The standard InChI is InChI=1S/C27H25BrN2O7/c1-33-21-8-5-14(11-23(21)35-3)18-13-19-17-12-15(28)6-9-20(17)37-26(30(19)29-18)16-7-10-22(34-2)25(36-4)24(16)27(31)32/h5-12,19,26H,13H2,1-4H3,(H,31,32). The second-order valence-corrected chi connectivity index (χ2v) is 9.35. The van der Waals surface area contributed by atoms with Crippen LogP contribution in [0.25, 0.3) is 0 Å². The van der Waals surface area contributed by atoms with Crippen LogP contribution in [0, 0.1) is 0 Å². The SMILES string of the molecule is COc1ccc(C2=NN3C(C2)c2cc(Br)ccc2OC3c2ccc(OC)c(OC)c2C(=O)O)cc1OC. The number of rotatable bonds is 7. The van der Waals surface area contributed by atoms with E-state index in [4.69, 9.17) is 28.8 Å². The van der Waals surface area contributed by atoms with Crippen LogP contribution in [0.2, 0.25) is 0 Å². The fraction of sp³-hybridized carbons (Fsp3) is 0.259. The Kier molecular flexibility index (Phi) is 6.59. The molecule has 3 aromatic carbocycles.